The van der Waals surface area contributed by atoms with E-state index in [9.17, 15) is 13.2 Å². The van der Waals surface area contributed by atoms with E-state index >= 15 is 0 Å². The number of benzene rings is 2. The van der Waals surface area contributed by atoms with Crippen LogP contribution in [-0.2, 0) is 14.8 Å². The number of aliphatic carboxylic acids is 1. The van der Waals surface area contributed by atoms with E-state index < -0.39 is 22.0 Å². The minimum atomic E-state index is -3.65. The van der Waals surface area contributed by atoms with Crippen LogP contribution in [0.1, 0.15) is 49.3 Å². The molecule has 0 radical (unpaired) electrons. The number of nitrogens with zero attached hydrogens (tertiary/aromatic N) is 2. The lowest BCUT2D eigenvalue weighted by Gasteiger charge is -2.19. The molecule has 7 heteroatoms. The third kappa shape index (κ3) is 4.09. The van der Waals surface area contributed by atoms with Crippen molar-refractivity contribution in [3.63, 3.8) is 0 Å². The Morgan fingerprint density at radius 1 is 1.07 bits per heavy atom. The SMILES string of the molecule is CN1c2ccccc2C(N=CCCCCCC(=O)O)c2ccccc2S1(=O)=O. The molecule has 1 aliphatic rings. The van der Waals surface area contributed by atoms with Crippen molar-refractivity contribution in [1.29, 1.82) is 0 Å². The average Bonchev–Trinajstić information content (AvgIpc) is 2.75. The summed E-state index contributed by atoms with van der Waals surface area (Å²) in [6, 6.07) is 14.0. The van der Waals surface area contributed by atoms with Crippen LogP contribution in [0, 0.1) is 0 Å². The molecule has 0 saturated carbocycles. The number of carboxylic acid groups (broad SMARTS) is 1. The summed E-state index contributed by atoms with van der Waals surface area (Å²) in [6.07, 6.45) is 5.07. The lowest BCUT2D eigenvalue weighted by molar-refractivity contribution is -0.137. The normalized spacial score (nSPS) is 17.8. The van der Waals surface area contributed by atoms with Crippen LogP contribution < -0.4 is 4.31 Å². The Labute approximate surface area is 165 Å². The first-order valence-corrected chi connectivity index (χ1v) is 10.8. The highest BCUT2D eigenvalue weighted by Gasteiger charge is 2.34. The van der Waals surface area contributed by atoms with Crippen LogP contribution in [0.3, 0.4) is 0 Å². The Kier molecular flexibility index (Phi) is 6.14. The van der Waals surface area contributed by atoms with Crippen LogP contribution in [-0.4, -0.2) is 32.8 Å². The molecule has 0 bridgehead atoms. The summed E-state index contributed by atoms with van der Waals surface area (Å²) in [4.78, 5) is 15.6. The van der Waals surface area contributed by atoms with Gasteiger partial charge >= 0.3 is 5.97 Å². The summed E-state index contributed by atoms with van der Waals surface area (Å²) in [5.41, 5.74) is 2.14. The van der Waals surface area contributed by atoms with E-state index in [1.807, 2.05) is 36.5 Å². The number of anilines is 1. The van der Waals surface area contributed by atoms with E-state index in [4.69, 9.17) is 10.1 Å². The smallest absolute Gasteiger partial charge is 0.303 e. The van der Waals surface area contributed by atoms with Crippen molar-refractivity contribution in [3.8, 4) is 0 Å². The fourth-order valence-corrected chi connectivity index (χ4v) is 4.87. The van der Waals surface area contributed by atoms with Gasteiger partial charge in [-0.25, -0.2) is 8.42 Å². The van der Waals surface area contributed by atoms with Crippen molar-refractivity contribution in [2.75, 3.05) is 11.4 Å². The quantitative estimate of drug-likeness (QED) is 0.562. The summed E-state index contributed by atoms with van der Waals surface area (Å²) >= 11 is 0. The first kappa shape index (κ1) is 20.1. The van der Waals surface area contributed by atoms with Gasteiger partial charge in [0.25, 0.3) is 10.0 Å². The molecule has 0 saturated heterocycles. The molecule has 1 heterocycles. The maximum absolute atomic E-state index is 13.1. The van der Waals surface area contributed by atoms with Crippen LogP contribution in [0.25, 0.3) is 0 Å². The molecule has 2 aromatic carbocycles. The van der Waals surface area contributed by atoms with Crippen LogP contribution >= 0.6 is 0 Å². The number of hydrogen-bond acceptors (Lipinski definition) is 4. The Morgan fingerprint density at radius 3 is 2.50 bits per heavy atom. The Balaban J connectivity index is 1.89. The fraction of sp³-hybridized carbons (Fsp3) is 0.333. The average molecular weight is 400 g/mol. The minimum Gasteiger partial charge on any atom is -0.481 e. The molecule has 3 rings (SSSR count). The zero-order valence-corrected chi connectivity index (χ0v) is 16.6. The van der Waals surface area contributed by atoms with E-state index in [2.05, 4.69) is 0 Å². The highest BCUT2D eigenvalue weighted by atomic mass is 32.2. The molecule has 28 heavy (non-hydrogen) atoms. The third-order valence-electron chi connectivity index (χ3n) is 4.90. The minimum absolute atomic E-state index is 0.185. The van der Waals surface area contributed by atoms with Gasteiger partial charge < -0.3 is 5.11 Å². The van der Waals surface area contributed by atoms with Crippen molar-refractivity contribution in [1.82, 2.24) is 0 Å². The van der Waals surface area contributed by atoms with Crippen molar-refractivity contribution < 1.29 is 18.3 Å². The van der Waals surface area contributed by atoms with Crippen molar-refractivity contribution >= 4 is 27.9 Å². The van der Waals surface area contributed by atoms with Crippen molar-refractivity contribution in [3.05, 3.63) is 59.7 Å². The standard InChI is InChI=1S/C21H24N2O4S/c1-23-18-12-7-5-10-16(18)21(22-15-9-3-2-4-14-20(24)25)17-11-6-8-13-19(17)28(23,26)27/h5-8,10-13,15,21H,2-4,9,14H2,1H3,(H,24,25). The van der Waals surface area contributed by atoms with Crippen LogP contribution in [0.4, 0.5) is 5.69 Å². The molecule has 0 aromatic heterocycles. The molecule has 1 aliphatic heterocycles. The van der Waals surface area contributed by atoms with Crippen LogP contribution in [0.2, 0.25) is 0 Å². The molecular formula is C21H24N2O4S. The zero-order chi connectivity index (χ0) is 20.1. The molecule has 148 valence electrons. The number of para-hydroxylation sites is 1. The second-order valence-electron chi connectivity index (χ2n) is 6.80. The predicted octanol–water partition coefficient (Wildman–Crippen LogP) is 4.02. The number of unbranched alkanes of at least 4 members (excludes halogenated alkanes) is 3. The van der Waals surface area contributed by atoms with Crippen LogP contribution in [0.15, 0.2) is 58.4 Å². The maximum Gasteiger partial charge on any atom is 0.303 e. The molecule has 6 nitrogen and oxygen atoms in total. The van der Waals surface area contributed by atoms with Gasteiger partial charge in [0.05, 0.1) is 10.6 Å². The summed E-state index contributed by atoms with van der Waals surface area (Å²) in [7, 11) is -2.08. The first-order valence-electron chi connectivity index (χ1n) is 9.33. The van der Waals surface area contributed by atoms with E-state index in [0.717, 1.165) is 24.8 Å². The lowest BCUT2D eigenvalue weighted by atomic mass is 9.97. The van der Waals surface area contributed by atoms with Gasteiger partial charge in [-0.3, -0.25) is 14.1 Å². The van der Waals surface area contributed by atoms with E-state index in [1.165, 1.54) is 4.31 Å². The van der Waals surface area contributed by atoms with E-state index in [0.29, 0.717) is 17.7 Å². The number of carboxylic acids is 1. The number of carbonyl (C=O) groups is 1. The van der Waals surface area contributed by atoms with Crippen molar-refractivity contribution in [2.24, 2.45) is 4.99 Å². The van der Waals surface area contributed by atoms with Gasteiger partial charge in [0.1, 0.15) is 6.04 Å². The van der Waals surface area contributed by atoms with Gasteiger partial charge in [-0.1, -0.05) is 42.8 Å². The van der Waals surface area contributed by atoms with Crippen molar-refractivity contribution in [2.45, 2.75) is 43.0 Å². The second kappa shape index (κ2) is 8.56. The Morgan fingerprint density at radius 2 is 1.75 bits per heavy atom. The lowest BCUT2D eigenvalue weighted by Crippen LogP contribution is -2.26. The van der Waals surface area contributed by atoms with Gasteiger partial charge in [-0.15, -0.1) is 0 Å². The van der Waals surface area contributed by atoms with E-state index in [-0.39, 0.29) is 11.3 Å². The summed E-state index contributed by atoms with van der Waals surface area (Å²) in [5.74, 6) is -0.773. The number of sulfonamides is 1. The largest absolute Gasteiger partial charge is 0.481 e. The zero-order valence-electron chi connectivity index (χ0n) is 15.8. The second-order valence-corrected chi connectivity index (χ2v) is 8.73. The Bertz CT molecular complexity index is 985. The maximum atomic E-state index is 13.1. The van der Waals surface area contributed by atoms with Gasteiger partial charge in [-0.05, 0) is 37.6 Å². The first-order chi connectivity index (χ1) is 13.4. The van der Waals surface area contributed by atoms with Gasteiger partial charge in [0.2, 0.25) is 0 Å². The van der Waals surface area contributed by atoms with Gasteiger partial charge in [-0.2, -0.15) is 0 Å². The van der Waals surface area contributed by atoms with Gasteiger partial charge in [0.15, 0.2) is 0 Å². The molecule has 0 aliphatic carbocycles. The van der Waals surface area contributed by atoms with E-state index in [1.54, 1.807) is 25.2 Å². The fourth-order valence-electron chi connectivity index (χ4n) is 3.42. The predicted molar refractivity (Wildman–Crippen MR) is 110 cm³/mol. The molecule has 0 fully saturated rings. The molecule has 2 aromatic rings. The molecule has 0 amide bonds. The third-order valence-corrected chi connectivity index (χ3v) is 6.75. The molecule has 1 N–H and O–H groups in total. The number of rotatable bonds is 7. The highest BCUT2D eigenvalue weighted by molar-refractivity contribution is 7.92. The number of fused-ring (bicyclic) bond motifs is 2. The summed E-state index contributed by atoms with van der Waals surface area (Å²) < 4.78 is 27.4. The highest BCUT2D eigenvalue weighted by Crippen LogP contribution is 2.41. The summed E-state index contributed by atoms with van der Waals surface area (Å²) in [6.45, 7) is 0. The topological polar surface area (TPSA) is 87.0 Å². The number of aliphatic imine (C=N–C) groups is 1. The monoisotopic (exact) mass is 400 g/mol. The Hall–Kier alpha value is -2.67. The molecule has 1 atom stereocenters. The van der Waals surface area contributed by atoms with Crippen LogP contribution in [0.5, 0.6) is 0 Å². The summed E-state index contributed by atoms with van der Waals surface area (Å²) in [5, 5.41) is 8.68. The van der Waals surface area contributed by atoms with Gasteiger partial charge in [0, 0.05) is 24.6 Å². The molecule has 1 unspecified atom stereocenters. The molecule has 0 spiro atoms. The molecular weight excluding hydrogens is 376 g/mol. The number of hydrogen-bond donors (Lipinski definition) is 1.